The van der Waals surface area contributed by atoms with Gasteiger partial charge in [0.1, 0.15) is 10.4 Å². The zero-order valence-electron chi connectivity index (χ0n) is 6.43. The van der Waals surface area contributed by atoms with Crippen molar-refractivity contribution < 1.29 is 0 Å². The SMILES string of the molecule is Cc1nc(Br)cn1C(C)C. The van der Waals surface area contributed by atoms with Crippen molar-refractivity contribution in [1.29, 1.82) is 0 Å². The molecule has 1 rings (SSSR count). The van der Waals surface area contributed by atoms with Crippen molar-refractivity contribution in [2.24, 2.45) is 0 Å². The van der Waals surface area contributed by atoms with Crippen LogP contribution in [0.2, 0.25) is 0 Å². The molecule has 0 bridgehead atoms. The van der Waals surface area contributed by atoms with Crippen molar-refractivity contribution in [2.45, 2.75) is 26.8 Å². The van der Waals surface area contributed by atoms with Gasteiger partial charge >= 0.3 is 0 Å². The molecule has 1 aromatic heterocycles. The minimum Gasteiger partial charge on any atom is -0.331 e. The van der Waals surface area contributed by atoms with Crippen LogP contribution in [0.5, 0.6) is 0 Å². The van der Waals surface area contributed by atoms with E-state index in [1.165, 1.54) is 0 Å². The molecular formula is C7H11BrN2. The summed E-state index contributed by atoms with van der Waals surface area (Å²) in [5.41, 5.74) is 0. The summed E-state index contributed by atoms with van der Waals surface area (Å²) in [6.45, 7) is 6.28. The largest absolute Gasteiger partial charge is 0.331 e. The van der Waals surface area contributed by atoms with Crippen LogP contribution in [0.15, 0.2) is 10.8 Å². The Labute approximate surface area is 69.4 Å². The van der Waals surface area contributed by atoms with Gasteiger partial charge in [-0.3, -0.25) is 0 Å². The van der Waals surface area contributed by atoms with Crippen LogP contribution in [0.3, 0.4) is 0 Å². The van der Waals surface area contributed by atoms with Crippen LogP contribution in [0.4, 0.5) is 0 Å². The number of halogens is 1. The van der Waals surface area contributed by atoms with Gasteiger partial charge in [0.2, 0.25) is 0 Å². The zero-order valence-corrected chi connectivity index (χ0v) is 8.01. The maximum Gasteiger partial charge on any atom is 0.124 e. The van der Waals surface area contributed by atoms with E-state index in [4.69, 9.17) is 0 Å². The molecule has 56 valence electrons. The molecule has 0 amide bonds. The van der Waals surface area contributed by atoms with Gasteiger partial charge in [0, 0.05) is 12.2 Å². The first-order valence-corrected chi connectivity index (χ1v) is 4.11. The summed E-state index contributed by atoms with van der Waals surface area (Å²) in [6, 6.07) is 0.499. The van der Waals surface area contributed by atoms with Crippen LogP contribution in [0.1, 0.15) is 25.7 Å². The Kier molecular flexibility index (Phi) is 2.14. The lowest BCUT2D eigenvalue weighted by Gasteiger charge is -2.06. The fraction of sp³-hybridized carbons (Fsp3) is 0.571. The topological polar surface area (TPSA) is 17.8 Å². The van der Waals surface area contributed by atoms with Crippen molar-refractivity contribution in [3.05, 3.63) is 16.6 Å². The maximum atomic E-state index is 4.21. The Balaban J connectivity index is 3.03. The molecule has 2 nitrogen and oxygen atoms in total. The monoisotopic (exact) mass is 202 g/mol. The molecule has 0 N–H and O–H groups in total. The highest BCUT2D eigenvalue weighted by atomic mass is 79.9. The van der Waals surface area contributed by atoms with Crippen molar-refractivity contribution in [1.82, 2.24) is 9.55 Å². The van der Waals surface area contributed by atoms with E-state index in [1.54, 1.807) is 0 Å². The number of rotatable bonds is 1. The number of aryl methyl sites for hydroxylation is 1. The lowest BCUT2D eigenvalue weighted by atomic mass is 10.4. The Morgan fingerprint density at radius 1 is 1.60 bits per heavy atom. The van der Waals surface area contributed by atoms with Crippen molar-refractivity contribution >= 4 is 15.9 Å². The first-order chi connectivity index (χ1) is 4.61. The highest BCUT2D eigenvalue weighted by Gasteiger charge is 2.02. The predicted molar refractivity (Wildman–Crippen MR) is 45.0 cm³/mol. The minimum atomic E-state index is 0.499. The summed E-state index contributed by atoms with van der Waals surface area (Å²) in [4.78, 5) is 4.21. The molecule has 0 atom stereocenters. The number of aromatic nitrogens is 2. The van der Waals surface area contributed by atoms with E-state index in [9.17, 15) is 0 Å². The second-order valence-electron chi connectivity index (χ2n) is 2.61. The number of hydrogen-bond donors (Lipinski definition) is 0. The molecule has 0 aliphatic carbocycles. The second-order valence-corrected chi connectivity index (χ2v) is 3.42. The van der Waals surface area contributed by atoms with Gasteiger partial charge in [-0.1, -0.05) is 0 Å². The van der Waals surface area contributed by atoms with Crippen LogP contribution < -0.4 is 0 Å². The van der Waals surface area contributed by atoms with Gasteiger partial charge in [0.25, 0.3) is 0 Å². The van der Waals surface area contributed by atoms with E-state index >= 15 is 0 Å². The van der Waals surface area contributed by atoms with Crippen LogP contribution in [0.25, 0.3) is 0 Å². The van der Waals surface area contributed by atoms with Crippen LogP contribution in [-0.2, 0) is 0 Å². The van der Waals surface area contributed by atoms with Gasteiger partial charge in [-0.25, -0.2) is 4.98 Å². The van der Waals surface area contributed by atoms with Gasteiger partial charge in [0.15, 0.2) is 0 Å². The fourth-order valence-corrected chi connectivity index (χ4v) is 1.45. The average molecular weight is 203 g/mol. The Hall–Kier alpha value is -0.310. The van der Waals surface area contributed by atoms with E-state index in [0.717, 1.165) is 10.4 Å². The van der Waals surface area contributed by atoms with Crippen LogP contribution in [-0.4, -0.2) is 9.55 Å². The molecule has 0 unspecified atom stereocenters. The molecule has 0 spiro atoms. The van der Waals surface area contributed by atoms with E-state index in [-0.39, 0.29) is 0 Å². The normalized spacial score (nSPS) is 10.9. The standard InChI is InChI=1S/C7H11BrN2/c1-5(2)10-4-7(8)9-6(10)3/h4-5H,1-3H3. The number of imidazole rings is 1. The van der Waals surface area contributed by atoms with Gasteiger partial charge in [-0.15, -0.1) is 0 Å². The minimum absolute atomic E-state index is 0.499. The average Bonchev–Trinajstić information content (AvgIpc) is 2.10. The van der Waals surface area contributed by atoms with E-state index in [0.29, 0.717) is 6.04 Å². The molecule has 0 aliphatic heterocycles. The molecule has 0 fully saturated rings. The van der Waals surface area contributed by atoms with Gasteiger partial charge < -0.3 is 4.57 Å². The smallest absolute Gasteiger partial charge is 0.124 e. The van der Waals surface area contributed by atoms with E-state index in [1.807, 2.05) is 13.1 Å². The van der Waals surface area contributed by atoms with Crippen LogP contribution >= 0.6 is 15.9 Å². The highest BCUT2D eigenvalue weighted by Crippen LogP contribution is 2.13. The molecule has 0 aromatic carbocycles. The van der Waals surface area contributed by atoms with Gasteiger partial charge in [0.05, 0.1) is 0 Å². The summed E-state index contributed by atoms with van der Waals surface area (Å²) in [7, 11) is 0. The first-order valence-electron chi connectivity index (χ1n) is 3.32. The molecule has 0 aliphatic rings. The predicted octanol–water partition coefficient (Wildman–Crippen LogP) is 2.53. The summed E-state index contributed by atoms with van der Waals surface area (Å²) in [5.74, 6) is 1.06. The molecule has 0 radical (unpaired) electrons. The zero-order chi connectivity index (χ0) is 7.72. The van der Waals surface area contributed by atoms with Gasteiger partial charge in [-0.2, -0.15) is 0 Å². The molecule has 1 heterocycles. The Morgan fingerprint density at radius 3 is 2.40 bits per heavy atom. The highest BCUT2D eigenvalue weighted by molar-refractivity contribution is 9.10. The number of hydrogen-bond acceptors (Lipinski definition) is 1. The van der Waals surface area contributed by atoms with Crippen molar-refractivity contribution in [3.8, 4) is 0 Å². The fourth-order valence-electron chi connectivity index (χ4n) is 0.972. The summed E-state index contributed by atoms with van der Waals surface area (Å²) >= 11 is 3.32. The molecule has 3 heteroatoms. The van der Waals surface area contributed by atoms with E-state index < -0.39 is 0 Å². The Morgan fingerprint density at radius 2 is 2.20 bits per heavy atom. The van der Waals surface area contributed by atoms with Crippen LogP contribution in [0, 0.1) is 6.92 Å². The van der Waals surface area contributed by atoms with Crippen molar-refractivity contribution in [3.63, 3.8) is 0 Å². The maximum absolute atomic E-state index is 4.21. The molecule has 0 saturated carbocycles. The summed E-state index contributed by atoms with van der Waals surface area (Å²) in [5, 5.41) is 0. The second kappa shape index (κ2) is 2.74. The van der Waals surface area contributed by atoms with Gasteiger partial charge in [-0.05, 0) is 36.7 Å². The lowest BCUT2D eigenvalue weighted by molar-refractivity contribution is 0.582. The third-order valence-corrected chi connectivity index (χ3v) is 1.83. The molecule has 10 heavy (non-hydrogen) atoms. The third kappa shape index (κ3) is 1.40. The molecule has 0 saturated heterocycles. The Bertz CT molecular complexity index is 228. The third-order valence-electron chi connectivity index (χ3n) is 1.44. The summed E-state index contributed by atoms with van der Waals surface area (Å²) in [6.07, 6.45) is 2.00. The quantitative estimate of drug-likeness (QED) is 0.685. The summed E-state index contributed by atoms with van der Waals surface area (Å²) < 4.78 is 3.04. The number of nitrogens with zero attached hydrogens (tertiary/aromatic N) is 2. The molecular weight excluding hydrogens is 192 g/mol. The van der Waals surface area contributed by atoms with E-state index in [2.05, 4.69) is 39.3 Å². The molecule has 1 aromatic rings. The lowest BCUT2D eigenvalue weighted by Crippen LogP contribution is -2.00. The first kappa shape index (κ1) is 7.79. The van der Waals surface area contributed by atoms with Crippen molar-refractivity contribution in [2.75, 3.05) is 0 Å².